The number of pyridine rings is 1. The lowest BCUT2D eigenvalue weighted by atomic mass is 9.99. The van der Waals surface area contributed by atoms with E-state index < -0.39 is 0 Å². The van der Waals surface area contributed by atoms with E-state index in [1.807, 2.05) is 12.1 Å². The third-order valence-electron chi connectivity index (χ3n) is 3.54. The molecule has 3 nitrogen and oxygen atoms in total. The highest BCUT2D eigenvalue weighted by atomic mass is 16.1. The zero-order chi connectivity index (χ0) is 13.2. The van der Waals surface area contributed by atoms with Gasteiger partial charge in [0.2, 0.25) is 0 Å². The van der Waals surface area contributed by atoms with E-state index in [0.717, 1.165) is 31.5 Å². The molecule has 1 aliphatic heterocycles. The number of aldehydes is 1. The molecule has 0 N–H and O–H groups in total. The number of hydrogen-bond acceptors (Lipinski definition) is 3. The number of fused-ring (bicyclic) bond motifs is 1. The van der Waals surface area contributed by atoms with Crippen LogP contribution >= 0.6 is 0 Å². The summed E-state index contributed by atoms with van der Waals surface area (Å²) < 4.78 is 0. The standard InChI is InChI=1S/C16H16N2O/c1-12-4-6-15-14(9-12)3-2-8-18(15)16-7-5-13(11-19)10-17-16/h4-7,9-11H,2-3,8H2,1H3. The van der Waals surface area contributed by atoms with Crippen LogP contribution in [0.2, 0.25) is 0 Å². The number of carbonyl (C=O) groups is 1. The number of hydrogen-bond donors (Lipinski definition) is 0. The van der Waals surface area contributed by atoms with Crippen molar-refractivity contribution in [1.29, 1.82) is 0 Å². The topological polar surface area (TPSA) is 33.2 Å². The third-order valence-corrected chi connectivity index (χ3v) is 3.54. The Hall–Kier alpha value is -2.16. The largest absolute Gasteiger partial charge is 0.326 e. The van der Waals surface area contributed by atoms with Crippen LogP contribution in [0, 0.1) is 6.92 Å². The first-order valence-corrected chi connectivity index (χ1v) is 6.56. The minimum Gasteiger partial charge on any atom is -0.326 e. The number of benzene rings is 1. The quantitative estimate of drug-likeness (QED) is 0.769. The lowest BCUT2D eigenvalue weighted by molar-refractivity contribution is 0.112. The number of aryl methyl sites for hydroxylation is 2. The molecule has 2 aromatic rings. The maximum atomic E-state index is 10.7. The van der Waals surface area contributed by atoms with Crippen LogP contribution in [0.3, 0.4) is 0 Å². The molecule has 3 heteroatoms. The predicted octanol–water partition coefficient (Wildman–Crippen LogP) is 3.29. The fourth-order valence-electron chi connectivity index (χ4n) is 2.59. The first-order chi connectivity index (χ1) is 9.28. The maximum Gasteiger partial charge on any atom is 0.151 e. The summed E-state index contributed by atoms with van der Waals surface area (Å²) in [4.78, 5) is 17.3. The van der Waals surface area contributed by atoms with Gasteiger partial charge in [-0.3, -0.25) is 4.79 Å². The average Bonchev–Trinajstić information content (AvgIpc) is 2.46. The van der Waals surface area contributed by atoms with Crippen LogP contribution in [0.15, 0.2) is 36.5 Å². The lowest BCUT2D eigenvalue weighted by Crippen LogP contribution is -2.25. The van der Waals surface area contributed by atoms with E-state index in [4.69, 9.17) is 0 Å². The van der Waals surface area contributed by atoms with Crippen molar-refractivity contribution in [2.24, 2.45) is 0 Å². The summed E-state index contributed by atoms with van der Waals surface area (Å²) in [6.07, 6.45) is 4.71. The molecule has 0 saturated heterocycles. The van der Waals surface area contributed by atoms with Gasteiger partial charge in [0, 0.05) is 24.0 Å². The van der Waals surface area contributed by atoms with Gasteiger partial charge in [-0.05, 0) is 43.5 Å². The molecular weight excluding hydrogens is 236 g/mol. The van der Waals surface area contributed by atoms with Gasteiger partial charge in [0.1, 0.15) is 5.82 Å². The summed E-state index contributed by atoms with van der Waals surface area (Å²) in [7, 11) is 0. The fraction of sp³-hybridized carbons (Fsp3) is 0.250. The normalized spacial score (nSPS) is 14.1. The van der Waals surface area contributed by atoms with Gasteiger partial charge in [0.05, 0.1) is 0 Å². The number of carbonyl (C=O) groups excluding carboxylic acids is 1. The number of aromatic nitrogens is 1. The van der Waals surface area contributed by atoms with Crippen molar-refractivity contribution >= 4 is 17.8 Å². The first kappa shape index (κ1) is 11.9. The summed E-state index contributed by atoms with van der Waals surface area (Å²) >= 11 is 0. The lowest BCUT2D eigenvalue weighted by Gasteiger charge is -2.30. The van der Waals surface area contributed by atoms with Crippen LogP contribution in [-0.4, -0.2) is 17.8 Å². The summed E-state index contributed by atoms with van der Waals surface area (Å²) in [6.45, 7) is 3.10. The van der Waals surface area contributed by atoms with Crippen LogP contribution in [-0.2, 0) is 6.42 Å². The Morgan fingerprint density at radius 3 is 2.89 bits per heavy atom. The molecule has 0 bridgehead atoms. The van der Waals surface area contributed by atoms with Gasteiger partial charge < -0.3 is 4.90 Å². The zero-order valence-corrected chi connectivity index (χ0v) is 11.0. The zero-order valence-electron chi connectivity index (χ0n) is 11.0. The summed E-state index contributed by atoms with van der Waals surface area (Å²) in [5.74, 6) is 0.912. The molecule has 1 aromatic carbocycles. The molecule has 0 aliphatic carbocycles. The van der Waals surface area contributed by atoms with Crippen molar-refractivity contribution in [3.05, 3.63) is 53.2 Å². The smallest absolute Gasteiger partial charge is 0.151 e. The Labute approximate surface area is 112 Å². The Balaban J connectivity index is 2.00. The van der Waals surface area contributed by atoms with Crippen molar-refractivity contribution in [2.75, 3.05) is 11.4 Å². The second-order valence-electron chi connectivity index (χ2n) is 4.95. The monoisotopic (exact) mass is 252 g/mol. The van der Waals surface area contributed by atoms with E-state index in [0.29, 0.717) is 5.56 Å². The van der Waals surface area contributed by atoms with Gasteiger partial charge in [-0.1, -0.05) is 17.7 Å². The van der Waals surface area contributed by atoms with Crippen molar-refractivity contribution in [3.63, 3.8) is 0 Å². The molecule has 0 spiro atoms. The summed E-state index contributed by atoms with van der Waals surface area (Å²) in [6, 6.07) is 10.3. The molecule has 2 heterocycles. The molecule has 0 fully saturated rings. The van der Waals surface area contributed by atoms with E-state index in [1.165, 1.54) is 16.8 Å². The fourth-order valence-corrected chi connectivity index (χ4v) is 2.59. The highest BCUT2D eigenvalue weighted by Gasteiger charge is 2.18. The Kier molecular flexibility index (Phi) is 3.03. The predicted molar refractivity (Wildman–Crippen MR) is 76.1 cm³/mol. The van der Waals surface area contributed by atoms with E-state index >= 15 is 0 Å². The maximum absolute atomic E-state index is 10.7. The van der Waals surface area contributed by atoms with E-state index in [-0.39, 0.29) is 0 Å². The van der Waals surface area contributed by atoms with Gasteiger partial charge in [0.25, 0.3) is 0 Å². The molecule has 1 aliphatic rings. The molecule has 1 aromatic heterocycles. The second-order valence-corrected chi connectivity index (χ2v) is 4.95. The molecule has 0 unspecified atom stereocenters. The van der Waals surface area contributed by atoms with E-state index in [2.05, 4.69) is 35.0 Å². The van der Waals surface area contributed by atoms with Crippen molar-refractivity contribution < 1.29 is 4.79 Å². The molecule has 19 heavy (non-hydrogen) atoms. The summed E-state index contributed by atoms with van der Waals surface area (Å²) in [5.41, 5.74) is 4.53. The van der Waals surface area contributed by atoms with Crippen LogP contribution < -0.4 is 4.90 Å². The molecule has 0 saturated carbocycles. The van der Waals surface area contributed by atoms with E-state index in [9.17, 15) is 4.79 Å². The minimum atomic E-state index is 0.616. The SMILES string of the molecule is Cc1ccc2c(c1)CCCN2c1ccc(C=O)cn1. The second kappa shape index (κ2) is 4.84. The molecular formula is C16H16N2O. The summed E-state index contributed by atoms with van der Waals surface area (Å²) in [5, 5.41) is 0. The number of rotatable bonds is 2. The molecule has 96 valence electrons. The van der Waals surface area contributed by atoms with Gasteiger partial charge in [-0.25, -0.2) is 4.98 Å². The Morgan fingerprint density at radius 1 is 1.26 bits per heavy atom. The number of anilines is 2. The van der Waals surface area contributed by atoms with Gasteiger partial charge >= 0.3 is 0 Å². The molecule has 0 amide bonds. The third kappa shape index (κ3) is 2.24. The Bertz CT molecular complexity index is 605. The highest BCUT2D eigenvalue weighted by Crippen LogP contribution is 2.32. The van der Waals surface area contributed by atoms with Crippen LogP contribution in [0.5, 0.6) is 0 Å². The number of nitrogens with zero attached hydrogens (tertiary/aromatic N) is 2. The van der Waals surface area contributed by atoms with Gasteiger partial charge in [-0.15, -0.1) is 0 Å². The van der Waals surface area contributed by atoms with Crippen LogP contribution in [0.4, 0.5) is 11.5 Å². The molecule has 3 rings (SSSR count). The van der Waals surface area contributed by atoms with Crippen molar-refractivity contribution in [3.8, 4) is 0 Å². The van der Waals surface area contributed by atoms with Crippen molar-refractivity contribution in [2.45, 2.75) is 19.8 Å². The highest BCUT2D eigenvalue weighted by molar-refractivity contribution is 5.75. The van der Waals surface area contributed by atoms with Crippen LogP contribution in [0.25, 0.3) is 0 Å². The minimum absolute atomic E-state index is 0.616. The molecule has 0 radical (unpaired) electrons. The Morgan fingerprint density at radius 2 is 2.16 bits per heavy atom. The first-order valence-electron chi connectivity index (χ1n) is 6.56. The van der Waals surface area contributed by atoms with Crippen LogP contribution in [0.1, 0.15) is 27.9 Å². The van der Waals surface area contributed by atoms with Gasteiger partial charge in [-0.2, -0.15) is 0 Å². The average molecular weight is 252 g/mol. The molecule has 0 atom stereocenters. The van der Waals surface area contributed by atoms with Crippen molar-refractivity contribution in [1.82, 2.24) is 4.98 Å². The van der Waals surface area contributed by atoms with E-state index in [1.54, 1.807) is 6.20 Å². The van der Waals surface area contributed by atoms with Gasteiger partial charge in [0.15, 0.2) is 6.29 Å².